The summed E-state index contributed by atoms with van der Waals surface area (Å²) in [6.07, 6.45) is 11.6. The number of aromatic amines is 2. The van der Waals surface area contributed by atoms with E-state index in [2.05, 4.69) is 9.97 Å². The zero-order valence-corrected chi connectivity index (χ0v) is 11.1. The van der Waals surface area contributed by atoms with E-state index in [0.717, 1.165) is 6.67 Å². The average Bonchev–Trinajstić information content (AvgIpc) is 2.60. The summed E-state index contributed by atoms with van der Waals surface area (Å²) in [7, 11) is 0. The summed E-state index contributed by atoms with van der Waals surface area (Å²) >= 11 is 0. The van der Waals surface area contributed by atoms with Crippen LogP contribution in [0.15, 0.2) is 37.4 Å². The SMILES string of the molecule is [I-].[I-].c1c[n+](C[n+]2cc[nH]c2)c[nH]1. The maximum Gasteiger partial charge on any atom is 0.244 e. The molecule has 2 aromatic rings. The Hall–Kier alpha value is -0.120. The van der Waals surface area contributed by atoms with Crippen LogP contribution in [0.1, 0.15) is 0 Å². The van der Waals surface area contributed by atoms with Gasteiger partial charge in [-0.2, -0.15) is 9.13 Å². The Morgan fingerprint density at radius 2 is 1.31 bits per heavy atom. The van der Waals surface area contributed by atoms with E-state index in [-0.39, 0.29) is 48.0 Å². The van der Waals surface area contributed by atoms with Crippen molar-refractivity contribution in [2.75, 3.05) is 0 Å². The van der Waals surface area contributed by atoms with Crippen molar-refractivity contribution in [1.29, 1.82) is 0 Å². The van der Waals surface area contributed by atoms with Gasteiger partial charge in [-0.05, 0) is 0 Å². The van der Waals surface area contributed by atoms with E-state index >= 15 is 0 Å². The highest BCUT2D eigenvalue weighted by Crippen LogP contribution is 1.69. The summed E-state index contributed by atoms with van der Waals surface area (Å²) < 4.78 is 4.10. The largest absolute Gasteiger partial charge is 1.00 e. The van der Waals surface area contributed by atoms with E-state index in [0.29, 0.717) is 0 Å². The molecule has 13 heavy (non-hydrogen) atoms. The van der Waals surface area contributed by atoms with Gasteiger partial charge in [0, 0.05) is 0 Å². The molecule has 2 aromatic heterocycles. The Morgan fingerprint density at radius 3 is 1.62 bits per heavy atom. The fraction of sp³-hybridized carbons (Fsp3) is 0.143. The van der Waals surface area contributed by atoms with Gasteiger partial charge >= 0.3 is 0 Å². The molecule has 0 unspecified atom stereocenters. The fourth-order valence-electron chi connectivity index (χ4n) is 1.01. The number of hydrogen-bond donors (Lipinski definition) is 2. The summed E-state index contributed by atoms with van der Waals surface area (Å²) in [5.74, 6) is 0. The molecule has 0 atom stereocenters. The molecule has 0 aliphatic rings. The van der Waals surface area contributed by atoms with Crippen LogP contribution in [0.5, 0.6) is 0 Å². The van der Waals surface area contributed by atoms with Crippen LogP contribution in [0, 0.1) is 0 Å². The maximum atomic E-state index is 2.98. The Balaban J connectivity index is 0.000000720. The Labute approximate surface area is 110 Å². The first-order valence-corrected chi connectivity index (χ1v) is 3.49. The van der Waals surface area contributed by atoms with Crippen LogP contribution in [0.4, 0.5) is 0 Å². The standard InChI is InChI=1S/C7H8N4.2HI/c1-3-10(5-8-1)7-11-4-2-9-6-11;;/h1-6H,7H2;2*1H. The highest BCUT2D eigenvalue weighted by Gasteiger charge is 2.00. The van der Waals surface area contributed by atoms with Crippen LogP contribution in [0.2, 0.25) is 0 Å². The van der Waals surface area contributed by atoms with Crippen LogP contribution in [0.3, 0.4) is 0 Å². The van der Waals surface area contributed by atoms with Crippen molar-refractivity contribution in [2.24, 2.45) is 0 Å². The third-order valence-electron chi connectivity index (χ3n) is 1.53. The molecule has 4 nitrogen and oxygen atoms in total. The summed E-state index contributed by atoms with van der Waals surface area (Å²) in [6.45, 7) is 0.840. The minimum absolute atomic E-state index is 0. The van der Waals surface area contributed by atoms with Crippen LogP contribution < -0.4 is 57.1 Å². The second kappa shape index (κ2) is 6.35. The van der Waals surface area contributed by atoms with E-state index in [1.54, 1.807) is 0 Å². The minimum Gasteiger partial charge on any atom is -1.00 e. The molecule has 0 bridgehead atoms. The van der Waals surface area contributed by atoms with E-state index in [9.17, 15) is 0 Å². The molecule has 2 rings (SSSR count). The van der Waals surface area contributed by atoms with Gasteiger partial charge in [0.1, 0.15) is 24.8 Å². The third-order valence-corrected chi connectivity index (χ3v) is 1.53. The van der Waals surface area contributed by atoms with Gasteiger partial charge in [0.2, 0.25) is 19.3 Å². The van der Waals surface area contributed by atoms with Crippen LogP contribution in [-0.4, -0.2) is 9.97 Å². The topological polar surface area (TPSA) is 39.3 Å². The van der Waals surface area contributed by atoms with Gasteiger partial charge in [-0.25, -0.2) is 0 Å². The fourth-order valence-corrected chi connectivity index (χ4v) is 1.01. The molecule has 0 amide bonds. The molecule has 0 saturated carbocycles. The smallest absolute Gasteiger partial charge is 0.244 e. The summed E-state index contributed by atoms with van der Waals surface area (Å²) in [6, 6.07) is 0. The number of aromatic nitrogens is 4. The minimum atomic E-state index is 0. The summed E-state index contributed by atoms with van der Waals surface area (Å²) in [5.41, 5.74) is 0. The van der Waals surface area contributed by atoms with Crippen molar-refractivity contribution < 1.29 is 57.1 Å². The molecule has 6 heteroatoms. The van der Waals surface area contributed by atoms with E-state index in [1.165, 1.54) is 0 Å². The zero-order valence-electron chi connectivity index (χ0n) is 6.82. The second-order valence-electron chi connectivity index (χ2n) is 2.39. The van der Waals surface area contributed by atoms with Gasteiger partial charge < -0.3 is 48.0 Å². The first-order chi connectivity index (χ1) is 5.45. The Morgan fingerprint density at radius 1 is 0.846 bits per heavy atom. The quantitative estimate of drug-likeness (QED) is 0.370. The van der Waals surface area contributed by atoms with Gasteiger partial charge in [-0.15, -0.1) is 0 Å². The number of nitrogens with one attached hydrogen (secondary N) is 2. The molecular weight excluding hydrogens is 394 g/mol. The lowest BCUT2D eigenvalue weighted by Gasteiger charge is -1.88. The molecule has 2 heterocycles. The van der Waals surface area contributed by atoms with E-state index in [4.69, 9.17) is 0 Å². The Bertz CT molecular complexity index is 271. The Kier molecular flexibility index (Phi) is 6.29. The van der Waals surface area contributed by atoms with Crippen LogP contribution >= 0.6 is 0 Å². The number of rotatable bonds is 2. The lowest BCUT2D eigenvalue weighted by atomic mass is 10.8. The molecule has 0 radical (unpaired) electrons. The third kappa shape index (κ3) is 3.63. The number of hydrogen-bond acceptors (Lipinski definition) is 0. The molecule has 2 N–H and O–H groups in total. The van der Waals surface area contributed by atoms with Gasteiger partial charge in [0.05, 0.1) is 0 Å². The normalized spacial score (nSPS) is 8.62. The predicted molar refractivity (Wildman–Crippen MR) is 37.4 cm³/mol. The lowest BCUT2D eigenvalue weighted by molar-refractivity contribution is -0.912. The van der Waals surface area contributed by atoms with Crippen molar-refractivity contribution in [3.63, 3.8) is 0 Å². The molecule has 0 spiro atoms. The lowest BCUT2D eigenvalue weighted by Crippen LogP contribution is -3.00. The molecule has 0 aliphatic carbocycles. The van der Waals surface area contributed by atoms with Gasteiger partial charge in [0.25, 0.3) is 0 Å². The van der Waals surface area contributed by atoms with Crippen LogP contribution in [0.25, 0.3) is 0 Å². The van der Waals surface area contributed by atoms with Crippen molar-refractivity contribution in [3.05, 3.63) is 37.4 Å². The predicted octanol–water partition coefficient (Wildman–Crippen LogP) is -6.57. The van der Waals surface area contributed by atoms with Crippen LogP contribution in [-0.2, 0) is 6.67 Å². The molecule has 0 fully saturated rings. The number of imidazole rings is 2. The van der Waals surface area contributed by atoms with Gasteiger partial charge in [0.15, 0.2) is 0 Å². The van der Waals surface area contributed by atoms with E-state index in [1.807, 2.05) is 46.6 Å². The first-order valence-electron chi connectivity index (χ1n) is 3.49. The van der Waals surface area contributed by atoms with Gasteiger partial charge in [-0.1, -0.05) is 0 Å². The molecule has 0 aliphatic heterocycles. The summed E-state index contributed by atoms with van der Waals surface area (Å²) in [4.78, 5) is 5.96. The first kappa shape index (κ1) is 12.9. The maximum absolute atomic E-state index is 2.98. The zero-order chi connectivity index (χ0) is 7.52. The van der Waals surface area contributed by atoms with E-state index < -0.39 is 0 Å². The van der Waals surface area contributed by atoms with Crippen molar-refractivity contribution >= 4 is 0 Å². The second-order valence-corrected chi connectivity index (χ2v) is 2.39. The molecule has 72 valence electrons. The number of nitrogens with zero attached hydrogens (tertiary/aromatic N) is 2. The summed E-state index contributed by atoms with van der Waals surface area (Å²) in [5, 5.41) is 0. The van der Waals surface area contributed by atoms with Crippen molar-refractivity contribution in [3.8, 4) is 0 Å². The highest BCUT2D eigenvalue weighted by atomic mass is 127. The molecule has 0 aromatic carbocycles. The molecular formula is C7H10I2N4. The number of H-pyrrole nitrogens is 2. The van der Waals surface area contributed by atoms with Crippen molar-refractivity contribution in [2.45, 2.75) is 6.67 Å². The number of halogens is 2. The molecule has 0 saturated heterocycles. The van der Waals surface area contributed by atoms with Gasteiger partial charge in [-0.3, -0.25) is 9.97 Å². The highest BCUT2D eigenvalue weighted by molar-refractivity contribution is 4.56. The van der Waals surface area contributed by atoms with Crippen molar-refractivity contribution in [1.82, 2.24) is 9.97 Å². The monoisotopic (exact) mass is 404 g/mol. The average molecular weight is 404 g/mol.